The Morgan fingerprint density at radius 2 is 1.60 bits per heavy atom. The van der Waals surface area contributed by atoms with E-state index in [-0.39, 0.29) is 22.9 Å². The van der Waals surface area contributed by atoms with Gasteiger partial charge in [0.2, 0.25) is 0 Å². The van der Waals surface area contributed by atoms with Crippen LogP contribution in [0, 0.1) is 17.0 Å². The fourth-order valence-corrected chi connectivity index (χ4v) is 5.08. The molecule has 0 fully saturated rings. The highest BCUT2D eigenvalue weighted by molar-refractivity contribution is 9.11. The summed E-state index contributed by atoms with van der Waals surface area (Å²) >= 11 is 6.75. The van der Waals surface area contributed by atoms with Crippen LogP contribution in [-0.4, -0.2) is 28.9 Å². The largest absolute Gasteiger partial charge is 0.421 e. The molecule has 43 heavy (non-hydrogen) atoms. The molecule has 2 amide bonds. The van der Waals surface area contributed by atoms with Crippen molar-refractivity contribution < 1.29 is 24.0 Å². The number of non-ortho nitro benzene ring substituents is 1. The van der Waals surface area contributed by atoms with E-state index in [0.29, 0.717) is 31.3 Å². The number of hydrazone groups is 1. The van der Waals surface area contributed by atoms with Gasteiger partial charge in [-0.2, -0.15) is 5.10 Å². The normalized spacial score (nSPS) is 11.0. The summed E-state index contributed by atoms with van der Waals surface area (Å²) in [5, 5.41) is 17.6. The van der Waals surface area contributed by atoms with Crippen molar-refractivity contribution in [3.63, 3.8) is 0 Å². The van der Waals surface area contributed by atoms with Crippen LogP contribution < -0.4 is 15.5 Å². The molecule has 0 aliphatic rings. The molecule has 10 nitrogen and oxygen atoms in total. The van der Waals surface area contributed by atoms with E-state index in [0.717, 1.165) is 5.56 Å². The Balaban J connectivity index is 1.42. The highest BCUT2D eigenvalue weighted by Gasteiger charge is 2.14. The number of amides is 2. The smallest absolute Gasteiger partial charge is 0.336 e. The van der Waals surface area contributed by atoms with E-state index < -0.39 is 16.8 Å². The molecule has 0 aliphatic carbocycles. The zero-order valence-electron chi connectivity index (χ0n) is 22.4. The van der Waals surface area contributed by atoms with Gasteiger partial charge in [0, 0.05) is 45.1 Å². The highest BCUT2D eigenvalue weighted by atomic mass is 79.9. The van der Waals surface area contributed by atoms with Gasteiger partial charge in [0.05, 0.1) is 15.6 Å². The molecule has 4 aromatic rings. The maximum atomic E-state index is 12.8. The summed E-state index contributed by atoms with van der Waals surface area (Å²) in [4.78, 5) is 48.2. The number of ether oxygens (including phenoxy) is 1. The van der Waals surface area contributed by atoms with Crippen molar-refractivity contribution in [2.75, 3.05) is 5.32 Å². The third kappa shape index (κ3) is 8.77. The van der Waals surface area contributed by atoms with Crippen LogP contribution in [0.2, 0.25) is 0 Å². The number of carbonyl (C=O) groups is 3. The lowest BCUT2D eigenvalue weighted by molar-refractivity contribution is -0.384. The van der Waals surface area contributed by atoms with Crippen LogP contribution in [0.4, 0.5) is 11.4 Å². The zero-order chi connectivity index (χ0) is 30.9. The summed E-state index contributed by atoms with van der Waals surface area (Å²) in [5.41, 5.74) is 5.46. The van der Waals surface area contributed by atoms with Gasteiger partial charge >= 0.3 is 5.97 Å². The fraction of sp³-hybridized carbons (Fsp3) is 0.0323. The molecule has 0 radical (unpaired) electrons. The van der Waals surface area contributed by atoms with E-state index in [9.17, 15) is 24.5 Å². The molecule has 0 heterocycles. The van der Waals surface area contributed by atoms with Gasteiger partial charge < -0.3 is 10.1 Å². The molecule has 0 atom stereocenters. The predicted octanol–water partition coefficient (Wildman–Crippen LogP) is 7.06. The summed E-state index contributed by atoms with van der Waals surface area (Å²) in [6.45, 7) is 1.89. The number of nitro benzene ring substituents is 1. The summed E-state index contributed by atoms with van der Waals surface area (Å²) in [7, 11) is 0. The maximum absolute atomic E-state index is 12.8. The lowest BCUT2D eigenvalue weighted by Crippen LogP contribution is -2.18. The molecule has 0 bridgehead atoms. The minimum Gasteiger partial charge on any atom is -0.421 e. The fourth-order valence-electron chi connectivity index (χ4n) is 3.74. The number of aryl methyl sites for hydroxylation is 1. The second-order valence-electron chi connectivity index (χ2n) is 9.01. The van der Waals surface area contributed by atoms with Crippen molar-refractivity contribution in [3.8, 4) is 5.75 Å². The van der Waals surface area contributed by atoms with Gasteiger partial charge in [-0.1, -0.05) is 39.7 Å². The Kier molecular flexibility index (Phi) is 10.3. The number of carbonyl (C=O) groups excluding carboxylic acids is 3. The minimum absolute atomic E-state index is 0.0628. The van der Waals surface area contributed by atoms with Crippen LogP contribution >= 0.6 is 31.9 Å². The average molecular weight is 706 g/mol. The molecule has 4 aromatic carbocycles. The molecule has 0 saturated heterocycles. The van der Waals surface area contributed by atoms with Crippen molar-refractivity contribution in [2.24, 2.45) is 5.10 Å². The topological polar surface area (TPSA) is 140 Å². The van der Waals surface area contributed by atoms with Crippen LogP contribution in [-0.2, 0) is 4.79 Å². The molecule has 2 N–H and O–H groups in total. The van der Waals surface area contributed by atoms with Gasteiger partial charge in [0.15, 0.2) is 5.75 Å². The summed E-state index contributed by atoms with van der Waals surface area (Å²) < 4.78 is 6.61. The van der Waals surface area contributed by atoms with Crippen molar-refractivity contribution >= 4 is 73.3 Å². The molecule has 0 aromatic heterocycles. The third-order valence-electron chi connectivity index (χ3n) is 5.79. The van der Waals surface area contributed by atoms with Crippen LogP contribution in [0.3, 0.4) is 0 Å². The van der Waals surface area contributed by atoms with E-state index >= 15 is 0 Å². The van der Waals surface area contributed by atoms with E-state index in [2.05, 4.69) is 47.7 Å². The average Bonchev–Trinajstić information content (AvgIpc) is 2.98. The molecule has 0 aliphatic heterocycles. The number of nitrogens with zero attached hydrogens (tertiary/aromatic N) is 2. The first-order valence-corrected chi connectivity index (χ1v) is 14.1. The predicted molar refractivity (Wildman–Crippen MR) is 170 cm³/mol. The monoisotopic (exact) mass is 704 g/mol. The van der Waals surface area contributed by atoms with Gasteiger partial charge in [-0.05, 0) is 89.1 Å². The first-order valence-electron chi connectivity index (χ1n) is 12.5. The Morgan fingerprint density at radius 3 is 2.30 bits per heavy atom. The number of esters is 1. The molecular formula is C31H22Br2N4O6. The molecular weight excluding hydrogens is 684 g/mol. The molecule has 0 unspecified atom stereocenters. The Labute approximate surface area is 262 Å². The van der Waals surface area contributed by atoms with Crippen molar-refractivity contribution in [3.05, 3.63) is 138 Å². The van der Waals surface area contributed by atoms with Crippen LogP contribution in [0.1, 0.15) is 37.4 Å². The van der Waals surface area contributed by atoms with Gasteiger partial charge in [-0.15, -0.1) is 0 Å². The number of hydrogen-bond acceptors (Lipinski definition) is 7. The number of halogens is 2. The Bertz CT molecular complexity index is 1770. The summed E-state index contributed by atoms with van der Waals surface area (Å²) in [6.07, 6.45) is 3.97. The number of rotatable bonds is 9. The number of anilines is 1. The van der Waals surface area contributed by atoms with E-state index in [1.165, 1.54) is 48.7 Å². The molecule has 12 heteroatoms. The Morgan fingerprint density at radius 1 is 0.907 bits per heavy atom. The van der Waals surface area contributed by atoms with Crippen LogP contribution in [0.5, 0.6) is 5.75 Å². The van der Waals surface area contributed by atoms with Crippen LogP contribution in [0.15, 0.2) is 105 Å². The SMILES string of the molecule is Cc1cccc(C(=O)Nc2cccc(C(=O)NN=Cc3cc(Br)cc(Br)c3OC(=O)/C=C/c3ccc([N+](=O)[O-])cc3)c2)c1. The minimum atomic E-state index is -0.704. The van der Waals surface area contributed by atoms with E-state index in [1.807, 2.05) is 13.0 Å². The Hall–Kier alpha value is -4.94. The van der Waals surface area contributed by atoms with Crippen molar-refractivity contribution in [1.29, 1.82) is 0 Å². The van der Waals surface area contributed by atoms with Crippen molar-refractivity contribution in [2.45, 2.75) is 6.92 Å². The summed E-state index contributed by atoms with van der Waals surface area (Å²) in [5.74, 6) is -1.38. The number of nitro groups is 1. The molecule has 4 rings (SSSR count). The highest BCUT2D eigenvalue weighted by Crippen LogP contribution is 2.32. The second kappa shape index (κ2) is 14.3. The first kappa shape index (κ1) is 31.0. The van der Waals surface area contributed by atoms with Gasteiger partial charge in [-0.3, -0.25) is 19.7 Å². The van der Waals surface area contributed by atoms with Crippen LogP contribution in [0.25, 0.3) is 6.08 Å². The third-order valence-corrected chi connectivity index (χ3v) is 6.84. The van der Waals surface area contributed by atoms with E-state index in [1.54, 1.807) is 48.5 Å². The van der Waals surface area contributed by atoms with Gasteiger partial charge in [0.1, 0.15) is 0 Å². The number of hydrogen-bond donors (Lipinski definition) is 2. The molecule has 0 spiro atoms. The number of benzene rings is 4. The summed E-state index contributed by atoms with van der Waals surface area (Å²) in [6, 6.07) is 22.6. The lowest BCUT2D eigenvalue weighted by Gasteiger charge is -2.09. The molecule has 216 valence electrons. The quantitative estimate of drug-likeness (QED) is 0.0477. The first-order chi connectivity index (χ1) is 20.6. The maximum Gasteiger partial charge on any atom is 0.336 e. The lowest BCUT2D eigenvalue weighted by atomic mass is 10.1. The van der Waals surface area contributed by atoms with E-state index in [4.69, 9.17) is 4.74 Å². The van der Waals surface area contributed by atoms with Gasteiger partial charge in [-0.25, -0.2) is 10.2 Å². The van der Waals surface area contributed by atoms with Gasteiger partial charge in [0.25, 0.3) is 17.5 Å². The standard InChI is InChI=1S/C31H22Br2N4O6/c1-19-4-2-5-21(14-19)30(39)35-25-7-3-6-22(16-25)31(40)36-34-18-23-15-24(32)17-27(33)29(23)43-28(38)13-10-20-8-11-26(12-9-20)37(41)42/h2-18H,1H3,(H,35,39)(H,36,40)/b13-10+,34-18?. The number of nitrogens with one attached hydrogen (secondary N) is 2. The van der Waals surface area contributed by atoms with Crippen molar-refractivity contribution in [1.82, 2.24) is 5.43 Å². The molecule has 0 saturated carbocycles. The zero-order valence-corrected chi connectivity index (χ0v) is 25.6. The second-order valence-corrected chi connectivity index (χ2v) is 10.8.